The fourth-order valence-electron chi connectivity index (χ4n) is 11.1. The predicted octanol–water partition coefficient (Wildman–Crippen LogP) is 17.6. The Morgan fingerprint density at radius 1 is 0.313 bits per heavy atom. The van der Waals surface area contributed by atoms with Gasteiger partial charge in [0.25, 0.3) is 0 Å². The maximum Gasteiger partial charge on any atom is 0.0725 e. The van der Waals surface area contributed by atoms with Gasteiger partial charge in [0.15, 0.2) is 0 Å². The summed E-state index contributed by atoms with van der Waals surface area (Å²) < 4.78 is 0. The van der Waals surface area contributed by atoms with Gasteiger partial charge in [-0.2, -0.15) is 0 Å². The molecule has 11 aromatic carbocycles. The van der Waals surface area contributed by atoms with Crippen molar-refractivity contribution in [3.05, 3.63) is 276 Å². The molecule has 1 aliphatic carbocycles. The lowest BCUT2D eigenvalue weighted by Gasteiger charge is -2.36. The Balaban J connectivity index is 1.16. The molecule has 0 spiro atoms. The van der Waals surface area contributed by atoms with E-state index >= 15 is 0 Å². The minimum atomic E-state index is -0.651. The predicted molar refractivity (Wildman–Crippen MR) is 284 cm³/mol. The second-order valence-corrected chi connectivity index (χ2v) is 17.8. The third-order valence-electron chi connectivity index (χ3n) is 14.2. The first-order chi connectivity index (χ1) is 33.1. The van der Waals surface area contributed by atoms with Crippen LogP contribution in [0.5, 0.6) is 0 Å². The van der Waals surface area contributed by atoms with Crippen LogP contribution in [0.3, 0.4) is 0 Å². The number of nitrogens with zero attached hydrogens (tertiary/aromatic N) is 2. The molecular formula is C65H50N2. The molecule has 2 heteroatoms. The van der Waals surface area contributed by atoms with Gasteiger partial charge in [-0.25, -0.2) is 0 Å². The van der Waals surface area contributed by atoms with E-state index in [1.54, 1.807) is 0 Å². The number of anilines is 6. The highest BCUT2D eigenvalue weighted by molar-refractivity contribution is 6.21. The average Bonchev–Trinajstić information content (AvgIpc) is 3.73. The average molecular weight is 859 g/mol. The van der Waals surface area contributed by atoms with E-state index in [4.69, 9.17) is 0 Å². The first-order valence-corrected chi connectivity index (χ1v) is 23.7. The summed E-state index contributed by atoms with van der Waals surface area (Å²) in [5.74, 6) is 0. The molecule has 0 unspecified atom stereocenters. The Morgan fingerprint density at radius 3 is 1.27 bits per heavy atom. The third-order valence-corrected chi connectivity index (χ3v) is 14.2. The van der Waals surface area contributed by atoms with Crippen molar-refractivity contribution in [1.82, 2.24) is 0 Å². The molecule has 11 aromatic rings. The fourth-order valence-corrected chi connectivity index (χ4v) is 11.1. The first kappa shape index (κ1) is 40.3. The van der Waals surface area contributed by atoms with Crippen LogP contribution >= 0.6 is 0 Å². The zero-order chi connectivity index (χ0) is 44.9. The molecule has 0 bridgehead atoms. The van der Waals surface area contributed by atoms with Crippen molar-refractivity contribution >= 4 is 66.4 Å². The van der Waals surface area contributed by atoms with Crippen LogP contribution in [-0.2, 0) is 18.3 Å². The van der Waals surface area contributed by atoms with Gasteiger partial charge in [0.2, 0.25) is 0 Å². The number of para-hydroxylation sites is 2. The molecule has 0 aromatic heterocycles. The maximum absolute atomic E-state index is 2.44. The van der Waals surface area contributed by atoms with Crippen molar-refractivity contribution in [2.45, 2.75) is 32.1 Å². The highest BCUT2D eigenvalue weighted by Crippen LogP contribution is 2.62. The normalized spacial score (nSPS) is 12.6. The molecule has 0 radical (unpaired) electrons. The molecule has 320 valence electrons. The largest absolute Gasteiger partial charge is 0.310 e. The summed E-state index contributed by atoms with van der Waals surface area (Å²) in [4.78, 5) is 4.79. The molecule has 67 heavy (non-hydrogen) atoms. The zero-order valence-electron chi connectivity index (χ0n) is 37.9. The van der Waals surface area contributed by atoms with Crippen LogP contribution in [0.2, 0.25) is 0 Å². The number of hydrogen-bond acceptors (Lipinski definition) is 2. The molecule has 12 rings (SSSR count). The highest BCUT2D eigenvalue weighted by atomic mass is 15.1. The Morgan fingerprint density at radius 2 is 0.746 bits per heavy atom. The molecule has 2 nitrogen and oxygen atoms in total. The van der Waals surface area contributed by atoms with Crippen LogP contribution in [0.1, 0.15) is 47.2 Å². The maximum atomic E-state index is 2.44. The lowest BCUT2D eigenvalue weighted by atomic mass is 9.65. The summed E-state index contributed by atoms with van der Waals surface area (Å²) in [6.07, 6.45) is 2.01. The lowest BCUT2D eigenvalue weighted by molar-refractivity contribution is 0.783. The van der Waals surface area contributed by atoms with Gasteiger partial charge in [0.1, 0.15) is 0 Å². The smallest absolute Gasteiger partial charge is 0.0725 e. The standard InChI is InChI=1S/C65H50N2/c1-3-45-29-34-52(35-30-45)66(50-23-13-7-14-24-50)54-38-41-56-47(43-54)33-40-60-62-58-28-18-17-27-57(58)61-44-55(67(51-25-15-8-16-26-51)53-36-31-46(4-2)32-37-53)39-42-59(61)64(62)65(63(56)60,48-19-9-5-10-20-48)49-21-11-6-12-22-49/h5-44H,3-4H2,1-2H3. The monoisotopic (exact) mass is 858 g/mol. The fraction of sp³-hybridized carbons (Fsp3) is 0.0769. The van der Waals surface area contributed by atoms with Crippen molar-refractivity contribution in [3.63, 3.8) is 0 Å². The van der Waals surface area contributed by atoms with E-state index in [-0.39, 0.29) is 0 Å². The Kier molecular flexibility index (Phi) is 10.0. The van der Waals surface area contributed by atoms with Gasteiger partial charge in [0, 0.05) is 34.1 Å². The summed E-state index contributed by atoms with van der Waals surface area (Å²) in [7, 11) is 0. The van der Waals surface area contributed by atoms with Crippen LogP contribution < -0.4 is 9.80 Å². The summed E-state index contributed by atoms with van der Waals surface area (Å²) in [6, 6.07) is 90.4. The topological polar surface area (TPSA) is 6.48 Å². The molecule has 1 aliphatic rings. The molecule has 0 N–H and O–H groups in total. The van der Waals surface area contributed by atoms with Crippen molar-refractivity contribution < 1.29 is 0 Å². The van der Waals surface area contributed by atoms with Gasteiger partial charge < -0.3 is 9.80 Å². The highest BCUT2D eigenvalue weighted by Gasteiger charge is 2.49. The number of benzene rings is 11. The number of aryl methyl sites for hydroxylation is 2. The molecule has 0 aliphatic heterocycles. The molecule has 0 saturated heterocycles. The van der Waals surface area contributed by atoms with Crippen molar-refractivity contribution in [2.75, 3.05) is 9.80 Å². The molecule has 0 heterocycles. The van der Waals surface area contributed by atoms with Gasteiger partial charge in [-0.05, 0) is 162 Å². The quantitative estimate of drug-likeness (QED) is 0.126. The van der Waals surface area contributed by atoms with Crippen LogP contribution in [0.25, 0.3) is 43.4 Å². The van der Waals surface area contributed by atoms with Crippen LogP contribution in [0, 0.1) is 0 Å². The van der Waals surface area contributed by atoms with Crippen LogP contribution in [0.4, 0.5) is 34.1 Å². The van der Waals surface area contributed by atoms with Gasteiger partial charge in [-0.1, -0.05) is 184 Å². The minimum absolute atomic E-state index is 0.651. The summed E-state index contributed by atoms with van der Waals surface area (Å²) in [6.45, 7) is 4.43. The van der Waals surface area contributed by atoms with Crippen LogP contribution in [-0.4, -0.2) is 0 Å². The zero-order valence-corrected chi connectivity index (χ0v) is 37.9. The Hall–Kier alpha value is -8.20. The Bertz CT molecular complexity index is 3530. The van der Waals surface area contributed by atoms with Gasteiger partial charge >= 0.3 is 0 Å². The summed E-state index contributed by atoms with van der Waals surface area (Å²) in [5.41, 5.74) is 16.5. The second kappa shape index (κ2) is 16.7. The SMILES string of the molecule is CCc1ccc(N(c2ccccc2)c2ccc3c4c(ccc3c2)-c2c(c3ccc(N(c5ccccc5)c5ccc(CC)cc5)cc3c3ccccc23)C4(c2ccccc2)c2ccccc2)cc1. The van der Waals surface area contributed by atoms with Crippen molar-refractivity contribution in [2.24, 2.45) is 0 Å². The first-order valence-electron chi connectivity index (χ1n) is 23.7. The second-order valence-electron chi connectivity index (χ2n) is 17.8. The third kappa shape index (κ3) is 6.55. The van der Waals surface area contributed by atoms with Crippen LogP contribution in [0.15, 0.2) is 243 Å². The van der Waals surface area contributed by atoms with Crippen molar-refractivity contribution in [3.8, 4) is 11.1 Å². The molecule has 0 atom stereocenters. The summed E-state index contributed by atoms with van der Waals surface area (Å²) in [5, 5.41) is 7.46. The molecule has 0 fully saturated rings. The van der Waals surface area contributed by atoms with E-state index in [0.29, 0.717) is 0 Å². The van der Waals surface area contributed by atoms with E-state index in [2.05, 4.69) is 266 Å². The van der Waals surface area contributed by atoms with Gasteiger partial charge in [-0.3, -0.25) is 0 Å². The van der Waals surface area contributed by atoms with Gasteiger partial charge in [0.05, 0.1) is 5.41 Å². The Labute approximate surface area is 393 Å². The van der Waals surface area contributed by atoms with E-state index in [0.717, 1.165) is 47.0 Å². The molecular weight excluding hydrogens is 809 g/mol. The number of hydrogen-bond donors (Lipinski definition) is 0. The van der Waals surface area contributed by atoms with E-state index in [9.17, 15) is 0 Å². The van der Waals surface area contributed by atoms with Gasteiger partial charge in [-0.15, -0.1) is 0 Å². The lowest BCUT2D eigenvalue weighted by Crippen LogP contribution is -2.29. The number of fused-ring (bicyclic) bond motifs is 10. The number of rotatable bonds is 10. The summed E-state index contributed by atoms with van der Waals surface area (Å²) >= 11 is 0. The minimum Gasteiger partial charge on any atom is -0.310 e. The molecule has 0 amide bonds. The van der Waals surface area contributed by atoms with E-state index < -0.39 is 5.41 Å². The molecule has 0 saturated carbocycles. The van der Waals surface area contributed by atoms with Crippen molar-refractivity contribution in [1.29, 1.82) is 0 Å². The van der Waals surface area contributed by atoms with E-state index in [1.807, 2.05) is 0 Å². The van der Waals surface area contributed by atoms with E-state index in [1.165, 1.54) is 76.8 Å².